The number of guanidine groups is 1. The molecule has 1 saturated heterocycles. The van der Waals surface area contributed by atoms with Crippen LogP contribution in [0, 0.1) is 5.92 Å². The summed E-state index contributed by atoms with van der Waals surface area (Å²) >= 11 is 3.81. The van der Waals surface area contributed by atoms with Crippen LogP contribution < -0.4 is 10.6 Å². The van der Waals surface area contributed by atoms with Crippen molar-refractivity contribution in [2.24, 2.45) is 10.9 Å². The molecular formula is C18H35IN4OS2. The molecule has 1 aliphatic heterocycles. The van der Waals surface area contributed by atoms with Crippen molar-refractivity contribution < 1.29 is 4.79 Å². The van der Waals surface area contributed by atoms with E-state index >= 15 is 0 Å². The quantitative estimate of drug-likeness (QED) is 0.336. The Morgan fingerprint density at radius 1 is 1.23 bits per heavy atom. The third kappa shape index (κ3) is 7.66. The summed E-state index contributed by atoms with van der Waals surface area (Å²) in [6.07, 6.45) is 6.22. The van der Waals surface area contributed by atoms with E-state index in [1.807, 2.05) is 30.6 Å². The number of hydrogen-bond acceptors (Lipinski definition) is 4. The number of thioether (sulfide) groups is 2. The van der Waals surface area contributed by atoms with Gasteiger partial charge in [-0.2, -0.15) is 23.5 Å². The maximum atomic E-state index is 12.6. The lowest BCUT2D eigenvalue weighted by molar-refractivity contribution is -0.136. The van der Waals surface area contributed by atoms with Gasteiger partial charge in [0.2, 0.25) is 5.91 Å². The fourth-order valence-electron chi connectivity index (χ4n) is 3.28. The summed E-state index contributed by atoms with van der Waals surface area (Å²) in [5, 5.41) is 6.98. The minimum atomic E-state index is 0. The Morgan fingerprint density at radius 3 is 2.38 bits per heavy atom. The lowest BCUT2D eigenvalue weighted by Crippen LogP contribution is -2.49. The highest BCUT2D eigenvalue weighted by Crippen LogP contribution is 2.27. The Labute approximate surface area is 184 Å². The van der Waals surface area contributed by atoms with Gasteiger partial charge in [0.25, 0.3) is 0 Å². The van der Waals surface area contributed by atoms with Crippen LogP contribution >= 0.6 is 47.5 Å². The normalized spacial score (nSPS) is 24.6. The van der Waals surface area contributed by atoms with Crippen molar-refractivity contribution in [3.8, 4) is 0 Å². The van der Waals surface area contributed by atoms with Crippen molar-refractivity contribution in [1.82, 2.24) is 15.5 Å². The molecule has 152 valence electrons. The number of halogens is 1. The van der Waals surface area contributed by atoms with E-state index in [0.29, 0.717) is 11.9 Å². The SMILES string of the molecule is CN=C(NCC(C)(C)SC)NC1CCC(C(=O)N2CCSCC2)CC1.I. The zero-order chi connectivity index (χ0) is 18.3. The van der Waals surface area contributed by atoms with Crippen LogP contribution in [0.1, 0.15) is 39.5 Å². The molecule has 1 amide bonds. The highest BCUT2D eigenvalue weighted by Gasteiger charge is 2.30. The molecule has 2 aliphatic rings. The van der Waals surface area contributed by atoms with Crippen molar-refractivity contribution in [3.63, 3.8) is 0 Å². The van der Waals surface area contributed by atoms with Crippen LogP contribution in [0.5, 0.6) is 0 Å². The summed E-state index contributed by atoms with van der Waals surface area (Å²) in [7, 11) is 1.82. The molecule has 1 aliphatic carbocycles. The number of nitrogens with zero attached hydrogens (tertiary/aromatic N) is 2. The molecule has 2 fully saturated rings. The molecule has 5 nitrogen and oxygen atoms in total. The van der Waals surface area contributed by atoms with Gasteiger partial charge >= 0.3 is 0 Å². The maximum Gasteiger partial charge on any atom is 0.225 e. The number of aliphatic imine (C=N–C) groups is 1. The smallest absolute Gasteiger partial charge is 0.225 e. The first kappa shape index (κ1) is 24.2. The van der Waals surface area contributed by atoms with Gasteiger partial charge in [0, 0.05) is 54.9 Å². The molecule has 2 N–H and O–H groups in total. The van der Waals surface area contributed by atoms with Gasteiger partial charge in [-0.1, -0.05) is 0 Å². The molecule has 2 rings (SSSR count). The number of rotatable bonds is 5. The zero-order valence-electron chi connectivity index (χ0n) is 16.5. The summed E-state index contributed by atoms with van der Waals surface area (Å²) in [4.78, 5) is 19.1. The van der Waals surface area contributed by atoms with Gasteiger partial charge in [-0.25, -0.2) is 0 Å². The first-order valence-corrected chi connectivity index (χ1v) is 11.7. The standard InChI is InChI=1S/C18H34N4OS2.HI/c1-18(2,24-4)13-20-17(19-3)21-15-7-5-14(6-8-15)16(23)22-9-11-25-12-10-22;/h14-15H,5-13H2,1-4H3,(H2,19,20,21);1H. The van der Waals surface area contributed by atoms with Crippen LogP contribution in [-0.2, 0) is 4.79 Å². The fourth-order valence-corrected chi connectivity index (χ4v) is 4.40. The molecule has 0 spiro atoms. The van der Waals surface area contributed by atoms with E-state index in [2.05, 4.69) is 40.6 Å². The van der Waals surface area contributed by atoms with Crippen LogP contribution in [0.25, 0.3) is 0 Å². The molecule has 0 atom stereocenters. The minimum Gasteiger partial charge on any atom is -0.355 e. The van der Waals surface area contributed by atoms with Gasteiger partial charge in [0.05, 0.1) is 0 Å². The highest BCUT2D eigenvalue weighted by molar-refractivity contribution is 14.0. The second kappa shape index (κ2) is 11.9. The van der Waals surface area contributed by atoms with Crippen molar-refractivity contribution >= 4 is 59.4 Å². The first-order valence-electron chi connectivity index (χ1n) is 9.34. The summed E-state index contributed by atoms with van der Waals surface area (Å²) in [5.41, 5.74) is 0. The van der Waals surface area contributed by atoms with Crippen molar-refractivity contribution in [2.75, 3.05) is 44.4 Å². The van der Waals surface area contributed by atoms with E-state index in [1.165, 1.54) is 0 Å². The fraction of sp³-hybridized carbons (Fsp3) is 0.889. The molecule has 8 heteroatoms. The van der Waals surface area contributed by atoms with E-state index in [0.717, 1.165) is 62.8 Å². The van der Waals surface area contributed by atoms with Gasteiger partial charge in [-0.05, 0) is 45.8 Å². The van der Waals surface area contributed by atoms with Crippen LogP contribution in [-0.4, -0.2) is 72.0 Å². The molecule has 0 bridgehead atoms. The number of carbonyl (C=O) groups excluding carboxylic acids is 1. The third-order valence-corrected chi connectivity index (χ3v) is 7.39. The molecule has 1 heterocycles. The number of carbonyl (C=O) groups is 1. The van der Waals surface area contributed by atoms with Crippen LogP contribution in [0.15, 0.2) is 4.99 Å². The van der Waals surface area contributed by atoms with E-state index in [1.54, 1.807) is 0 Å². The van der Waals surface area contributed by atoms with E-state index in [9.17, 15) is 4.79 Å². The summed E-state index contributed by atoms with van der Waals surface area (Å²) < 4.78 is 0.189. The molecular weight excluding hydrogens is 479 g/mol. The minimum absolute atomic E-state index is 0. The van der Waals surface area contributed by atoms with Crippen molar-refractivity contribution in [3.05, 3.63) is 0 Å². The third-order valence-electron chi connectivity index (χ3n) is 5.20. The molecule has 0 aromatic rings. The molecule has 0 aromatic carbocycles. The summed E-state index contributed by atoms with van der Waals surface area (Å²) in [6, 6.07) is 0.421. The largest absolute Gasteiger partial charge is 0.355 e. The Kier molecular flexibility index (Phi) is 11.1. The lowest BCUT2D eigenvalue weighted by atomic mass is 9.85. The number of amides is 1. The van der Waals surface area contributed by atoms with Crippen molar-refractivity contribution in [2.45, 2.75) is 50.3 Å². The van der Waals surface area contributed by atoms with Gasteiger partial charge in [0.1, 0.15) is 0 Å². The average molecular weight is 515 g/mol. The summed E-state index contributed by atoms with van der Waals surface area (Å²) in [5.74, 6) is 3.69. The second-order valence-electron chi connectivity index (χ2n) is 7.52. The van der Waals surface area contributed by atoms with E-state index in [4.69, 9.17) is 0 Å². The van der Waals surface area contributed by atoms with E-state index < -0.39 is 0 Å². The highest BCUT2D eigenvalue weighted by atomic mass is 127. The van der Waals surface area contributed by atoms with Crippen molar-refractivity contribution in [1.29, 1.82) is 0 Å². The monoisotopic (exact) mass is 514 g/mol. The molecule has 0 aromatic heterocycles. The maximum absolute atomic E-state index is 12.6. The van der Waals surface area contributed by atoms with Gasteiger partial charge in [-0.15, -0.1) is 24.0 Å². The zero-order valence-corrected chi connectivity index (χ0v) is 20.5. The Balaban J connectivity index is 0.00000338. The van der Waals surface area contributed by atoms with E-state index in [-0.39, 0.29) is 34.6 Å². The Morgan fingerprint density at radius 2 is 1.85 bits per heavy atom. The average Bonchev–Trinajstić information content (AvgIpc) is 2.65. The Hall–Kier alpha value is 0.170. The van der Waals surface area contributed by atoms with Crippen LogP contribution in [0.2, 0.25) is 0 Å². The number of hydrogen-bond donors (Lipinski definition) is 2. The topological polar surface area (TPSA) is 56.7 Å². The van der Waals surface area contributed by atoms with Gasteiger partial charge in [-0.3, -0.25) is 9.79 Å². The molecule has 0 radical (unpaired) electrons. The van der Waals surface area contributed by atoms with Crippen LogP contribution in [0.3, 0.4) is 0 Å². The number of nitrogens with one attached hydrogen (secondary N) is 2. The molecule has 0 unspecified atom stereocenters. The lowest BCUT2D eigenvalue weighted by Gasteiger charge is -2.34. The second-order valence-corrected chi connectivity index (χ2v) is 10.3. The van der Waals surface area contributed by atoms with Gasteiger partial charge < -0.3 is 15.5 Å². The first-order chi connectivity index (χ1) is 11.9. The van der Waals surface area contributed by atoms with Gasteiger partial charge in [0.15, 0.2) is 5.96 Å². The molecule has 1 saturated carbocycles. The molecule has 26 heavy (non-hydrogen) atoms. The predicted molar refractivity (Wildman–Crippen MR) is 127 cm³/mol. The van der Waals surface area contributed by atoms with Crippen LogP contribution in [0.4, 0.5) is 0 Å². The summed E-state index contributed by atoms with van der Waals surface area (Å²) in [6.45, 7) is 7.21. The Bertz CT molecular complexity index is 462. The predicted octanol–water partition coefficient (Wildman–Crippen LogP) is 3.05.